The van der Waals surface area contributed by atoms with Crippen molar-refractivity contribution < 1.29 is 9.90 Å². The second-order valence-corrected chi connectivity index (χ2v) is 7.67. The summed E-state index contributed by atoms with van der Waals surface area (Å²) in [6.07, 6.45) is 0.348. The number of phenols is 1. The number of benzene rings is 1. The Bertz CT molecular complexity index is 484. The fraction of sp³-hybridized carbons (Fsp3) is 0.611. The highest BCUT2D eigenvalue weighted by Crippen LogP contribution is 2.39. The van der Waals surface area contributed by atoms with Gasteiger partial charge in [0.25, 0.3) is 0 Å². The molecule has 0 aromatic heterocycles. The fourth-order valence-electron chi connectivity index (χ4n) is 2.38. The van der Waals surface area contributed by atoms with Gasteiger partial charge in [-0.25, -0.2) is 0 Å². The molecule has 2 N–H and O–H groups in total. The Balaban J connectivity index is 3.37. The zero-order valence-electron chi connectivity index (χ0n) is 14.4. The van der Waals surface area contributed by atoms with E-state index in [9.17, 15) is 9.90 Å². The van der Waals surface area contributed by atoms with Crippen molar-refractivity contribution in [3.05, 3.63) is 28.8 Å². The number of carbonyl (C=O) groups is 1. The van der Waals surface area contributed by atoms with Gasteiger partial charge in [0.2, 0.25) is 5.91 Å². The highest BCUT2D eigenvalue weighted by atomic mass is 16.3. The number of amides is 1. The van der Waals surface area contributed by atoms with Gasteiger partial charge in [-0.05, 0) is 34.4 Å². The first kappa shape index (κ1) is 17.5. The van der Waals surface area contributed by atoms with Crippen molar-refractivity contribution in [2.24, 2.45) is 0 Å². The van der Waals surface area contributed by atoms with Gasteiger partial charge in [-0.1, -0.05) is 53.7 Å². The van der Waals surface area contributed by atoms with Gasteiger partial charge in [0.15, 0.2) is 0 Å². The van der Waals surface area contributed by atoms with Crippen LogP contribution in [0.2, 0.25) is 0 Å². The van der Waals surface area contributed by atoms with E-state index in [-0.39, 0.29) is 16.7 Å². The molecule has 118 valence electrons. The van der Waals surface area contributed by atoms with Crippen LogP contribution in [0, 0.1) is 0 Å². The Hall–Kier alpha value is -1.51. The molecule has 0 spiro atoms. The van der Waals surface area contributed by atoms with Crippen LogP contribution in [0.25, 0.3) is 0 Å². The van der Waals surface area contributed by atoms with Crippen molar-refractivity contribution in [3.63, 3.8) is 0 Å². The fourth-order valence-corrected chi connectivity index (χ4v) is 2.38. The van der Waals surface area contributed by atoms with E-state index in [1.54, 1.807) is 0 Å². The summed E-state index contributed by atoms with van der Waals surface area (Å²) in [6, 6.07) is 3.92. The average molecular weight is 291 g/mol. The normalized spacial score (nSPS) is 12.3. The molecule has 1 aromatic rings. The number of carbonyl (C=O) groups excluding carboxylic acids is 1. The summed E-state index contributed by atoms with van der Waals surface area (Å²) in [5.74, 6) is 0.373. The number of hydrogen-bond donors (Lipinski definition) is 2. The standard InChI is InChI=1S/C18H29NO2/c1-8-19-15(20)11-12-9-13(17(2,3)4)16(21)14(10-12)18(5,6)7/h9-10,21H,8,11H2,1-7H3,(H,19,20). The Kier molecular flexibility index (Phi) is 5.08. The number of phenolic OH excluding ortho intramolecular Hbond substituents is 1. The van der Waals surface area contributed by atoms with Crippen LogP contribution in [0.5, 0.6) is 5.75 Å². The number of nitrogens with one attached hydrogen (secondary N) is 1. The summed E-state index contributed by atoms with van der Waals surface area (Å²) in [5, 5.41) is 13.4. The average Bonchev–Trinajstić information content (AvgIpc) is 2.28. The minimum Gasteiger partial charge on any atom is -0.507 e. The predicted molar refractivity (Wildman–Crippen MR) is 87.9 cm³/mol. The SMILES string of the molecule is CCNC(=O)Cc1cc(C(C)(C)C)c(O)c(C(C)(C)C)c1. The van der Waals surface area contributed by atoms with Crippen molar-refractivity contribution in [2.45, 2.75) is 65.7 Å². The molecule has 0 aliphatic rings. The van der Waals surface area contributed by atoms with Crippen LogP contribution < -0.4 is 5.32 Å². The number of likely N-dealkylation sites (N-methyl/N-ethyl adjacent to an activating group) is 1. The van der Waals surface area contributed by atoms with E-state index in [0.717, 1.165) is 16.7 Å². The van der Waals surface area contributed by atoms with E-state index in [2.05, 4.69) is 46.9 Å². The van der Waals surface area contributed by atoms with Gasteiger partial charge in [0, 0.05) is 6.54 Å². The Labute approximate surface area is 128 Å². The quantitative estimate of drug-likeness (QED) is 0.892. The molecule has 0 radical (unpaired) electrons. The second-order valence-electron chi connectivity index (χ2n) is 7.67. The number of rotatable bonds is 3. The van der Waals surface area contributed by atoms with E-state index in [0.29, 0.717) is 18.7 Å². The van der Waals surface area contributed by atoms with Crippen molar-refractivity contribution in [1.29, 1.82) is 0 Å². The summed E-state index contributed by atoms with van der Waals surface area (Å²) in [7, 11) is 0. The third-order valence-electron chi connectivity index (χ3n) is 3.52. The molecule has 0 saturated heterocycles. The van der Waals surface area contributed by atoms with E-state index in [4.69, 9.17) is 0 Å². The van der Waals surface area contributed by atoms with Gasteiger partial charge < -0.3 is 10.4 Å². The van der Waals surface area contributed by atoms with Crippen LogP contribution in [0.3, 0.4) is 0 Å². The van der Waals surface area contributed by atoms with Crippen LogP contribution in [0.15, 0.2) is 12.1 Å². The molecule has 3 heteroatoms. The van der Waals surface area contributed by atoms with Crippen LogP contribution in [0.4, 0.5) is 0 Å². The molecule has 3 nitrogen and oxygen atoms in total. The molecule has 0 unspecified atom stereocenters. The third-order valence-corrected chi connectivity index (χ3v) is 3.52. The minimum atomic E-state index is -0.165. The molecule has 0 bridgehead atoms. The van der Waals surface area contributed by atoms with Crippen molar-refractivity contribution >= 4 is 5.91 Å². The molecule has 0 saturated carbocycles. The van der Waals surface area contributed by atoms with Gasteiger partial charge >= 0.3 is 0 Å². The lowest BCUT2D eigenvalue weighted by Crippen LogP contribution is -2.25. The maximum absolute atomic E-state index is 11.8. The number of aromatic hydroxyl groups is 1. The summed E-state index contributed by atoms with van der Waals surface area (Å²) in [4.78, 5) is 11.8. The van der Waals surface area contributed by atoms with Gasteiger partial charge in [0.1, 0.15) is 5.75 Å². The summed E-state index contributed by atoms with van der Waals surface area (Å²) in [5.41, 5.74) is 2.42. The zero-order chi connectivity index (χ0) is 16.4. The Morgan fingerprint density at radius 3 is 1.81 bits per heavy atom. The molecule has 0 heterocycles. The van der Waals surface area contributed by atoms with E-state index in [1.165, 1.54) is 0 Å². The largest absolute Gasteiger partial charge is 0.507 e. The lowest BCUT2D eigenvalue weighted by atomic mass is 9.78. The van der Waals surface area contributed by atoms with Crippen LogP contribution in [0.1, 0.15) is 65.2 Å². The summed E-state index contributed by atoms with van der Waals surface area (Å²) in [6.45, 7) is 15.0. The molecule has 1 amide bonds. The molecule has 0 atom stereocenters. The van der Waals surface area contributed by atoms with E-state index < -0.39 is 0 Å². The summed E-state index contributed by atoms with van der Waals surface area (Å²) < 4.78 is 0. The van der Waals surface area contributed by atoms with Gasteiger partial charge in [0.05, 0.1) is 6.42 Å². The first-order valence-corrected chi connectivity index (χ1v) is 7.60. The molecular weight excluding hydrogens is 262 g/mol. The third kappa shape index (κ3) is 4.48. The zero-order valence-corrected chi connectivity index (χ0v) is 14.4. The van der Waals surface area contributed by atoms with Crippen molar-refractivity contribution in [2.75, 3.05) is 6.54 Å². The molecule has 0 aliphatic carbocycles. The van der Waals surface area contributed by atoms with Crippen LogP contribution in [-0.4, -0.2) is 17.6 Å². The van der Waals surface area contributed by atoms with Crippen LogP contribution in [-0.2, 0) is 22.0 Å². The molecule has 21 heavy (non-hydrogen) atoms. The van der Waals surface area contributed by atoms with Gasteiger partial charge in [-0.2, -0.15) is 0 Å². The minimum absolute atomic E-state index is 0.0166. The van der Waals surface area contributed by atoms with Crippen molar-refractivity contribution in [1.82, 2.24) is 5.32 Å². The molecule has 0 aliphatic heterocycles. The first-order chi connectivity index (χ1) is 9.46. The van der Waals surface area contributed by atoms with Crippen LogP contribution >= 0.6 is 0 Å². The molecular formula is C18H29NO2. The molecule has 1 rings (SSSR count). The highest BCUT2D eigenvalue weighted by Gasteiger charge is 2.26. The monoisotopic (exact) mass is 291 g/mol. The van der Waals surface area contributed by atoms with E-state index >= 15 is 0 Å². The lowest BCUT2D eigenvalue weighted by molar-refractivity contribution is -0.120. The predicted octanol–water partition coefficient (Wildman–Crippen LogP) is 3.67. The Morgan fingerprint density at radius 1 is 1.05 bits per heavy atom. The van der Waals surface area contributed by atoms with Gasteiger partial charge in [-0.3, -0.25) is 4.79 Å². The topological polar surface area (TPSA) is 49.3 Å². The smallest absolute Gasteiger partial charge is 0.224 e. The number of hydrogen-bond acceptors (Lipinski definition) is 2. The highest BCUT2D eigenvalue weighted by molar-refractivity contribution is 5.78. The first-order valence-electron chi connectivity index (χ1n) is 7.60. The molecule has 0 fully saturated rings. The second kappa shape index (κ2) is 6.08. The summed E-state index contributed by atoms with van der Waals surface area (Å²) >= 11 is 0. The maximum Gasteiger partial charge on any atom is 0.224 e. The maximum atomic E-state index is 11.8. The molecule has 1 aromatic carbocycles. The lowest BCUT2D eigenvalue weighted by Gasteiger charge is -2.28. The Morgan fingerprint density at radius 2 is 1.48 bits per heavy atom. The van der Waals surface area contributed by atoms with Gasteiger partial charge in [-0.15, -0.1) is 0 Å². The van der Waals surface area contributed by atoms with Crippen molar-refractivity contribution in [3.8, 4) is 5.75 Å². The van der Waals surface area contributed by atoms with E-state index in [1.807, 2.05) is 19.1 Å².